The molecule has 2 rings (SSSR count). The van der Waals surface area contributed by atoms with Crippen LogP contribution in [0.15, 0.2) is 24.3 Å². The fourth-order valence-electron chi connectivity index (χ4n) is 3.73. The molecule has 6 nitrogen and oxygen atoms in total. The van der Waals surface area contributed by atoms with Crippen molar-refractivity contribution < 1.29 is 29.1 Å². The zero-order valence-electron chi connectivity index (χ0n) is 17.0. The Bertz CT molecular complexity index is 662. The van der Waals surface area contributed by atoms with E-state index in [1.807, 2.05) is 12.1 Å². The van der Waals surface area contributed by atoms with Crippen molar-refractivity contribution in [2.24, 2.45) is 11.3 Å². The number of benzene rings is 1. The first-order valence-corrected chi connectivity index (χ1v) is 12.8. The average Bonchev–Trinajstić information content (AvgIpc) is 2.52. The molecule has 0 bridgehead atoms. The molecule has 0 heterocycles. The molecule has 0 aliphatic heterocycles. The molecule has 1 fully saturated rings. The molecule has 0 amide bonds. The SMILES string of the molecule is CC1CC(OC(=O)OOOC(=O)c2ccc([Si](C)(C)C)cc2)CC(C)(C)C1. The molecule has 0 radical (unpaired) electrons. The minimum Gasteiger partial charge on any atom is -0.429 e. The highest BCUT2D eigenvalue weighted by atomic mass is 28.3. The third kappa shape index (κ3) is 6.66. The third-order valence-corrected chi connectivity index (χ3v) is 6.87. The summed E-state index contributed by atoms with van der Waals surface area (Å²) in [6.45, 7) is 13.1. The van der Waals surface area contributed by atoms with Gasteiger partial charge in [0.1, 0.15) is 6.10 Å². The second-order valence-electron chi connectivity index (χ2n) is 9.25. The van der Waals surface area contributed by atoms with Gasteiger partial charge in [-0.25, -0.2) is 14.5 Å². The first-order chi connectivity index (χ1) is 12.5. The summed E-state index contributed by atoms with van der Waals surface area (Å²) in [5, 5.41) is 5.54. The summed E-state index contributed by atoms with van der Waals surface area (Å²) >= 11 is 0. The van der Waals surface area contributed by atoms with Crippen LogP contribution in [0, 0.1) is 11.3 Å². The third-order valence-electron chi connectivity index (χ3n) is 4.81. The molecule has 0 saturated heterocycles. The zero-order chi connectivity index (χ0) is 20.2. The lowest BCUT2D eigenvalue weighted by molar-refractivity contribution is -0.453. The van der Waals surface area contributed by atoms with Gasteiger partial charge in [-0.05, 0) is 42.7 Å². The van der Waals surface area contributed by atoms with Crippen molar-refractivity contribution in [2.45, 2.75) is 65.8 Å². The maximum atomic E-state index is 11.9. The van der Waals surface area contributed by atoms with Gasteiger partial charge in [-0.2, -0.15) is 0 Å². The monoisotopic (exact) mass is 394 g/mol. The van der Waals surface area contributed by atoms with Crippen molar-refractivity contribution in [1.29, 1.82) is 0 Å². The van der Waals surface area contributed by atoms with Crippen molar-refractivity contribution in [3.63, 3.8) is 0 Å². The Morgan fingerprint density at radius 1 is 1.04 bits per heavy atom. The van der Waals surface area contributed by atoms with Crippen LogP contribution in [0.1, 0.15) is 50.4 Å². The number of carbonyl (C=O) groups excluding carboxylic acids is 2. The van der Waals surface area contributed by atoms with Gasteiger partial charge < -0.3 is 4.74 Å². The number of carbonyl (C=O) groups is 2. The van der Waals surface area contributed by atoms with Crippen LogP contribution in [0.25, 0.3) is 0 Å². The van der Waals surface area contributed by atoms with E-state index in [0.29, 0.717) is 11.5 Å². The first kappa shape index (κ1) is 21.4. The van der Waals surface area contributed by atoms with Crippen molar-refractivity contribution in [1.82, 2.24) is 0 Å². The van der Waals surface area contributed by atoms with Crippen LogP contribution in [0.3, 0.4) is 0 Å². The predicted octanol–water partition coefficient (Wildman–Crippen LogP) is 4.60. The van der Waals surface area contributed by atoms with Gasteiger partial charge in [-0.1, -0.05) is 57.7 Å². The number of rotatable bonds is 5. The number of hydrogen-bond donors (Lipinski definition) is 0. The summed E-state index contributed by atoms with van der Waals surface area (Å²) in [7, 11) is -1.44. The van der Waals surface area contributed by atoms with E-state index in [-0.39, 0.29) is 11.5 Å². The summed E-state index contributed by atoms with van der Waals surface area (Å²) in [4.78, 5) is 32.6. The Kier molecular flexibility index (Phi) is 6.70. The summed E-state index contributed by atoms with van der Waals surface area (Å²) in [6, 6.07) is 7.15. The van der Waals surface area contributed by atoms with Gasteiger partial charge in [0.2, 0.25) is 0 Å². The van der Waals surface area contributed by atoms with Crippen LogP contribution < -0.4 is 5.19 Å². The van der Waals surface area contributed by atoms with Gasteiger partial charge in [0.15, 0.2) is 0 Å². The molecule has 1 aliphatic rings. The van der Waals surface area contributed by atoms with E-state index in [0.717, 1.165) is 19.3 Å². The zero-order valence-corrected chi connectivity index (χ0v) is 18.0. The van der Waals surface area contributed by atoms with Gasteiger partial charge in [0, 0.05) is 0 Å². The molecular formula is C20H30O6Si. The van der Waals surface area contributed by atoms with Crippen molar-refractivity contribution in [3.8, 4) is 0 Å². The number of hydrogen-bond acceptors (Lipinski definition) is 6. The average molecular weight is 395 g/mol. The Hall–Kier alpha value is -1.86. The maximum absolute atomic E-state index is 11.9. The molecular weight excluding hydrogens is 364 g/mol. The molecule has 2 unspecified atom stereocenters. The molecule has 7 heteroatoms. The van der Waals surface area contributed by atoms with Crippen LogP contribution in [0.2, 0.25) is 19.6 Å². The lowest BCUT2D eigenvalue weighted by atomic mass is 9.71. The van der Waals surface area contributed by atoms with Gasteiger partial charge in [0.25, 0.3) is 0 Å². The molecule has 27 heavy (non-hydrogen) atoms. The molecule has 1 aliphatic carbocycles. The van der Waals surface area contributed by atoms with E-state index in [4.69, 9.17) is 4.74 Å². The molecule has 1 aromatic rings. The van der Waals surface area contributed by atoms with Gasteiger partial charge in [-0.15, -0.1) is 0 Å². The Balaban J connectivity index is 1.77. The van der Waals surface area contributed by atoms with E-state index in [1.165, 1.54) is 5.19 Å². The van der Waals surface area contributed by atoms with Crippen LogP contribution in [0.5, 0.6) is 0 Å². The van der Waals surface area contributed by atoms with E-state index >= 15 is 0 Å². The molecule has 0 spiro atoms. The lowest BCUT2D eigenvalue weighted by Crippen LogP contribution is -2.37. The molecule has 150 valence electrons. The van der Waals surface area contributed by atoms with Crippen LogP contribution >= 0.6 is 0 Å². The Labute approximate surface area is 162 Å². The molecule has 1 saturated carbocycles. The van der Waals surface area contributed by atoms with E-state index in [2.05, 4.69) is 55.2 Å². The van der Waals surface area contributed by atoms with Crippen molar-refractivity contribution in [3.05, 3.63) is 29.8 Å². The van der Waals surface area contributed by atoms with Gasteiger partial charge >= 0.3 is 12.1 Å². The topological polar surface area (TPSA) is 71.1 Å². The summed E-state index contributed by atoms with van der Waals surface area (Å²) in [6.07, 6.45) is 1.39. The Morgan fingerprint density at radius 3 is 2.22 bits per heavy atom. The minimum atomic E-state index is -1.44. The fraction of sp³-hybridized carbons (Fsp3) is 0.600. The highest BCUT2D eigenvalue weighted by molar-refractivity contribution is 6.88. The standard InChI is InChI=1S/C20H30O6Si/c1-14-11-16(13-20(2,3)12-14)23-19(22)25-26-24-18(21)15-7-9-17(10-8-15)27(4,5)6/h7-10,14,16H,11-13H2,1-6H3. The highest BCUT2D eigenvalue weighted by Crippen LogP contribution is 2.39. The fourth-order valence-corrected chi connectivity index (χ4v) is 4.90. The Morgan fingerprint density at radius 2 is 1.67 bits per heavy atom. The second kappa shape index (κ2) is 8.44. The largest absolute Gasteiger partial charge is 0.543 e. The summed E-state index contributed by atoms with van der Waals surface area (Å²) < 4.78 is 5.27. The lowest BCUT2D eigenvalue weighted by Gasteiger charge is -2.37. The molecule has 1 aromatic carbocycles. The summed E-state index contributed by atoms with van der Waals surface area (Å²) in [5.74, 6) is -0.276. The van der Waals surface area contributed by atoms with E-state index in [1.54, 1.807) is 12.1 Å². The van der Waals surface area contributed by atoms with Gasteiger partial charge in [-0.3, -0.25) is 4.89 Å². The quantitative estimate of drug-likeness (QED) is 0.314. The normalized spacial score (nSPS) is 22.0. The van der Waals surface area contributed by atoms with Gasteiger partial charge in [0.05, 0.1) is 18.7 Å². The van der Waals surface area contributed by atoms with Crippen molar-refractivity contribution in [2.75, 3.05) is 0 Å². The predicted molar refractivity (Wildman–Crippen MR) is 104 cm³/mol. The second-order valence-corrected chi connectivity index (χ2v) is 14.3. The highest BCUT2D eigenvalue weighted by Gasteiger charge is 2.34. The molecule has 2 atom stereocenters. The molecule has 0 aromatic heterocycles. The minimum absolute atomic E-state index is 0.109. The summed E-state index contributed by atoms with van der Waals surface area (Å²) in [5.41, 5.74) is 0.426. The molecule has 0 N–H and O–H groups in total. The smallest absolute Gasteiger partial charge is 0.429 e. The van der Waals surface area contributed by atoms with Crippen molar-refractivity contribution >= 4 is 25.4 Å². The van der Waals surface area contributed by atoms with Crippen LogP contribution in [-0.4, -0.2) is 26.3 Å². The first-order valence-electron chi connectivity index (χ1n) is 9.33. The maximum Gasteiger partial charge on any atom is 0.543 e. The number of ether oxygens (including phenoxy) is 1. The van der Waals surface area contributed by atoms with E-state index < -0.39 is 20.2 Å². The van der Waals surface area contributed by atoms with Crippen LogP contribution in [0.4, 0.5) is 4.79 Å². The van der Waals surface area contributed by atoms with E-state index in [9.17, 15) is 9.59 Å². The van der Waals surface area contributed by atoms with Crippen LogP contribution in [-0.2, 0) is 19.6 Å².